The number of hydrogen-bond acceptors (Lipinski definition) is 3. The van der Waals surface area contributed by atoms with Gasteiger partial charge < -0.3 is 9.30 Å². The number of imidazole rings is 1. The van der Waals surface area contributed by atoms with Crippen LogP contribution < -0.4 is 4.74 Å². The fourth-order valence-corrected chi connectivity index (χ4v) is 6.37. The Morgan fingerprint density at radius 2 is 1.33 bits per heavy atom. The summed E-state index contributed by atoms with van der Waals surface area (Å²) in [5.74, 6) is 1.52. The molecule has 0 bridgehead atoms. The van der Waals surface area contributed by atoms with E-state index in [-0.39, 0.29) is 0 Å². The smallest absolute Gasteiger partial charge is 0.145 e. The first-order chi connectivity index (χ1) is 21.3. The Labute approximate surface area is 246 Å². The molecule has 0 unspecified atom stereocenters. The topological polar surface area (TPSA) is 44.3 Å². The molecule has 5 heteroatoms. The first-order valence-electron chi connectivity index (χ1n) is 14.3. The maximum atomic E-state index is 6.40. The average Bonchev–Trinajstić information content (AvgIpc) is 3.69. The summed E-state index contributed by atoms with van der Waals surface area (Å²) in [7, 11) is 0. The fraction of sp³-hybridized carbons (Fsp3) is 0. The van der Waals surface area contributed by atoms with Gasteiger partial charge in [-0.2, -0.15) is 0 Å². The van der Waals surface area contributed by atoms with Crippen molar-refractivity contribution in [1.29, 1.82) is 0 Å². The molecule has 0 saturated carbocycles. The zero-order valence-electron chi connectivity index (χ0n) is 23.1. The van der Waals surface area contributed by atoms with Crippen molar-refractivity contribution in [1.82, 2.24) is 18.9 Å². The third-order valence-corrected chi connectivity index (χ3v) is 8.26. The molecule has 0 atom stereocenters. The van der Waals surface area contributed by atoms with Gasteiger partial charge in [-0.15, -0.1) is 0 Å². The van der Waals surface area contributed by atoms with E-state index in [0.29, 0.717) is 0 Å². The minimum atomic E-state index is 0.761. The molecule has 4 aromatic heterocycles. The van der Waals surface area contributed by atoms with Gasteiger partial charge in [0.05, 0.1) is 22.2 Å². The summed E-state index contributed by atoms with van der Waals surface area (Å²) in [5.41, 5.74) is 7.44. The molecular weight excluding hydrogens is 528 g/mol. The fourth-order valence-electron chi connectivity index (χ4n) is 6.37. The van der Waals surface area contributed by atoms with E-state index in [1.165, 1.54) is 27.2 Å². The quantitative estimate of drug-likeness (QED) is 0.204. The summed E-state index contributed by atoms with van der Waals surface area (Å²) in [5, 5.41) is 5.81. The molecule has 0 aliphatic carbocycles. The summed E-state index contributed by atoms with van der Waals surface area (Å²) in [6, 6.07) is 44.1. The van der Waals surface area contributed by atoms with E-state index >= 15 is 0 Å². The molecule has 0 radical (unpaired) electrons. The molecule has 0 fully saturated rings. The van der Waals surface area contributed by atoms with Crippen molar-refractivity contribution < 1.29 is 4.74 Å². The van der Waals surface area contributed by atoms with Gasteiger partial charge in [0.2, 0.25) is 0 Å². The number of benzene rings is 5. The van der Waals surface area contributed by atoms with Crippen molar-refractivity contribution in [2.45, 2.75) is 0 Å². The molecule has 5 aromatic carbocycles. The van der Waals surface area contributed by atoms with Crippen LogP contribution in [-0.2, 0) is 0 Å². The number of nitrogens with zero attached hydrogens (tertiary/aromatic N) is 4. The Bertz CT molecular complexity index is 2480. The van der Waals surface area contributed by atoms with Gasteiger partial charge in [0.15, 0.2) is 0 Å². The van der Waals surface area contributed by atoms with Crippen molar-refractivity contribution in [3.63, 3.8) is 0 Å². The molecule has 202 valence electrons. The number of aromatic nitrogens is 4. The zero-order chi connectivity index (χ0) is 28.3. The largest absolute Gasteiger partial charge is 0.457 e. The van der Waals surface area contributed by atoms with E-state index in [4.69, 9.17) is 9.72 Å². The Kier molecular flexibility index (Phi) is 5.13. The van der Waals surface area contributed by atoms with Crippen LogP contribution in [0.2, 0.25) is 0 Å². The van der Waals surface area contributed by atoms with Crippen LogP contribution in [-0.4, -0.2) is 18.9 Å². The Morgan fingerprint density at radius 3 is 2.23 bits per heavy atom. The Hall–Kier alpha value is -5.94. The minimum Gasteiger partial charge on any atom is -0.457 e. The second kappa shape index (κ2) is 9.29. The molecule has 0 amide bonds. The van der Waals surface area contributed by atoms with E-state index < -0.39 is 0 Å². The Balaban J connectivity index is 1.25. The van der Waals surface area contributed by atoms with E-state index in [9.17, 15) is 0 Å². The van der Waals surface area contributed by atoms with Gasteiger partial charge >= 0.3 is 0 Å². The standard InChI is InChI=1S/C38H24N4O/c1-2-10-26(11-3-1)42-35-15-5-4-13-30(35)32-23-31-29-17-16-28(22-33(29)38-40-19-20-41(38)36(31)24-37(32)42)43-27-12-8-9-25(21-27)34-14-6-7-18-39-34/h1-24H. The van der Waals surface area contributed by atoms with Crippen LogP contribution in [0.1, 0.15) is 0 Å². The van der Waals surface area contributed by atoms with Crippen molar-refractivity contribution in [3.8, 4) is 28.4 Å². The number of para-hydroxylation sites is 2. The van der Waals surface area contributed by atoms with Crippen LogP contribution in [0.15, 0.2) is 146 Å². The molecule has 0 aliphatic rings. The van der Waals surface area contributed by atoms with Gasteiger partial charge in [-0.05, 0) is 78.2 Å². The second-order valence-corrected chi connectivity index (χ2v) is 10.7. The highest BCUT2D eigenvalue weighted by molar-refractivity contribution is 6.19. The summed E-state index contributed by atoms with van der Waals surface area (Å²) in [6.07, 6.45) is 5.72. The van der Waals surface area contributed by atoms with E-state index in [1.54, 1.807) is 6.20 Å². The van der Waals surface area contributed by atoms with Crippen molar-refractivity contribution in [2.75, 3.05) is 0 Å². The third kappa shape index (κ3) is 3.72. The van der Waals surface area contributed by atoms with Gasteiger partial charge in [-0.3, -0.25) is 9.38 Å². The Morgan fingerprint density at radius 1 is 0.488 bits per heavy atom. The average molecular weight is 553 g/mol. The maximum absolute atomic E-state index is 6.40. The summed E-state index contributed by atoms with van der Waals surface area (Å²) < 4.78 is 10.9. The minimum absolute atomic E-state index is 0.761. The molecule has 9 rings (SSSR count). The number of rotatable bonds is 4. The highest BCUT2D eigenvalue weighted by Crippen LogP contribution is 2.39. The van der Waals surface area contributed by atoms with Gasteiger partial charge in [0.1, 0.15) is 17.1 Å². The molecule has 0 N–H and O–H groups in total. The molecular formula is C38H24N4O. The lowest BCUT2D eigenvalue weighted by atomic mass is 10.0. The summed E-state index contributed by atoms with van der Waals surface area (Å²) in [4.78, 5) is 9.28. The van der Waals surface area contributed by atoms with Gasteiger partial charge in [-0.1, -0.05) is 54.6 Å². The van der Waals surface area contributed by atoms with Crippen LogP contribution in [0.3, 0.4) is 0 Å². The van der Waals surface area contributed by atoms with E-state index in [2.05, 4.69) is 92.8 Å². The number of hydrogen-bond donors (Lipinski definition) is 0. The molecule has 9 aromatic rings. The van der Waals surface area contributed by atoms with Crippen LogP contribution in [0.5, 0.6) is 11.5 Å². The van der Waals surface area contributed by atoms with Crippen LogP contribution in [0.25, 0.3) is 66.1 Å². The molecule has 0 aliphatic heterocycles. The van der Waals surface area contributed by atoms with Crippen molar-refractivity contribution >= 4 is 49.1 Å². The lowest BCUT2D eigenvalue weighted by Gasteiger charge is -2.13. The first-order valence-corrected chi connectivity index (χ1v) is 14.3. The second-order valence-electron chi connectivity index (χ2n) is 10.7. The molecule has 43 heavy (non-hydrogen) atoms. The highest BCUT2D eigenvalue weighted by Gasteiger charge is 2.17. The van der Waals surface area contributed by atoms with Crippen LogP contribution in [0.4, 0.5) is 0 Å². The number of ether oxygens (including phenoxy) is 1. The third-order valence-electron chi connectivity index (χ3n) is 8.26. The molecule has 0 spiro atoms. The SMILES string of the molecule is c1ccc(-n2c3ccccc3c3cc4c5ccc(Oc6cccc(-c7ccccn7)c6)cc5c5nccn5c4cc32)cc1. The summed E-state index contributed by atoms with van der Waals surface area (Å²) in [6.45, 7) is 0. The number of pyridine rings is 2. The molecule has 5 nitrogen and oxygen atoms in total. The van der Waals surface area contributed by atoms with Crippen molar-refractivity contribution in [3.05, 3.63) is 146 Å². The lowest BCUT2D eigenvalue weighted by Crippen LogP contribution is -1.95. The van der Waals surface area contributed by atoms with E-state index in [1.807, 2.05) is 60.9 Å². The lowest BCUT2D eigenvalue weighted by molar-refractivity contribution is 0.483. The van der Waals surface area contributed by atoms with Crippen LogP contribution in [0, 0.1) is 0 Å². The monoisotopic (exact) mass is 552 g/mol. The van der Waals surface area contributed by atoms with E-state index in [0.717, 1.165) is 50.4 Å². The summed E-state index contributed by atoms with van der Waals surface area (Å²) >= 11 is 0. The predicted octanol–water partition coefficient (Wildman–Crippen LogP) is 9.59. The van der Waals surface area contributed by atoms with Crippen LogP contribution >= 0.6 is 0 Å². The molecule has 4 heterocycles. The van der Waals surface area contributed by atoms with Gasteiger partial charge in [0, 0.05) is 51.4 Å². The predicted molar refractivity (Wildman–Crippen MR) is 174 cm³/mol. The van der Waals surface area contributed by atoms with Gasteiger partial charge in [0.25, 0.3) is 0 Å². The number of fused-ring (bicyclic) bond motifs is 9. The van der Waals surface area contributed by atoms with Crippen molar-refractivity contribution in [2.24, 2.45) is 0 Å². The maximum Gasteiger partial charge on any atom is 0.145 e. The zero-order valence-corrected chi connectivity index (χ0v) is 23.1. The first kappa shape index (κ1) is 23.7. The van der Waals surface area contributed by atoms with Gasteiger partial charge in [-0.25, -0.2) is 4.98 Å². The normalized spacial score (nSPS) is 11.7. The highest BCUT2D eigenvalue weighted by atomic mass is 16.5. The molecule has 0 saturated heterocycles.